The smallest absolute Gasteiger partial charge is 0.161 e. The van der Waals surface area contributed by atoms with E-state index in [-0.39, 0.29) is 0 Å². The number of hydrogen-bond donors (Lipinski definition) is 1. The monoisotopic (exact) mass is 261 g/mol. The van der Waals surface area contributed by atoms with Crippen LogP contribution in [0.4, 0.5) is 0 Å². The molecule has 3 heteroatoms. The van der Waals surface area contributed by atoms with Crippen LogP contribution < -0.4 is 14.8 Å². The number of hydrogen-bond acceptors (Lipinski definition) is 3. The van der Waals surface area contributed by atoms with Crippen LogP contribution in [0.15, 0.2) is 29.8 Å². The fourth-order valence-corrected chi connectivity index (χ4v) is 1.79. The first kappa shape index (κ1) is 13.9. The highest BCUT2D eigenvalue weighted by molar-refractivity contribution is 5.43. The molecule has 1 saturated carbocycles. The average molecular weight is 261 g/mol. The van der Waals surface area contributed by atoms with Crippen LogP contribution in [-0.4, -0.2) is 19.8 Å². The van der Waals surface area contributed by atoms with E-state index in [0.717, 1.165) is 24.1 Å². The molecule has 0 aliphatic heterocycles. The minimum atomic E-state index is 0.582. The van der Waals surface area contributed by atoms with Gasteiger partial charge in [-0.2, -0.15) is 0 Å². The molecule has 0 heterocycles. The maximum atomic E-state index is 5.77. The Kier molecular flexibility index (Phi) is 4.86. The van der Waals surface area contributed by atoms with E-state index in [2.05, 4.69) is 37.4 Å². The van der Waals surface area contributed by atoms with Crippen molar-refractivity contribution >= 4 is 0 Å². The van der Waals surface area contributed by atoms with Crippen molar-refractivity contribution in [1.82, 2.24) is 5.32 Å². The Balaban J connectivity index is 1.99. The molecule has 1 fully saturated rings. The van der Waals surface area contributed by atoms with Crippen molar-refractivity contribution in [3.63, 3.8) is 0 Å². The molecule has 104 valence electrons. The quantitative estimate of drug-likeness (QED) is 0.764. The molecule has 1 aliphatic rings. The highest BCUT2D eigenvalue weighted by Crippen LogP contribution is 2.28. The number of benzene rings is 1. The third-order valence-electron chi connectivity index (χ3n) is 3.13. The summed E-state index contributed by atoms with van der Waals surface area (Å²) < 4.78 is 11.1. The molecule has 0 unspecified atom stereocenters. The zero-order chi connectivity index (χ0) is 13.7. The first-order valence-corrected chi connectivity index (χ1v) is 6.85. The highest BCUT2D eigenvalue weighted by atomic mass is 16.5. The molecule has 2 rings (SSSR count). The molecule has 0 radical (unpaired) electrons. The lowest BCUT2D eigenvalue weighted by Gasteiger charge is -2.12. The molecule has 0 bridgehead atoms. The predicted molar refractivity (Wildman–Crippen MR) is 77.8 cm³/mol. The van der Waals surface area contributed by atoms with E-state index < -0.39 is 0 Å². The van der Waals surface area contributed by atoms with Gasteiger partial charge in [0.2, 0.25) is 0 Å². The molecular formula is C16H23NO2. The van der Waals surface area contributed by atoms with Crippen LogP contribution >= 0.6 is 0 Å². The lowest BCUT2D eigenvalue weighted by molar-refractivity contribution is 0.325. The van der Waals surface area contributed by atoms with Crippen molar-refractivity contribution < 1.29 is 9.47 Å². The fourth-order valence-electron chi connectivity index (χ4n) is 1.79. The van der Waals surface area contributed by atoms with Gasteiger partial charge in [0.05, 0.1) is 7.11 Å². The summed E-state index contributed by atoms with van der Waals surface area (Å²) in [5.41, 5.74) is 2.49. The molecule has 1 N–H and O–H groups in total. The van der Waals surface area contributed by atoms with E-state index in [1.54, 1.807) is 7.11 Å². The Labute approximate surface area is 115 Å². The highest BCUT2D eigenvalue weighted by Gasteiger charge is 2.20. The Morgan fingerprint density at radius 2 is 2.11 bits per heavy atom. The van der Waals surface area contributed by atoms with Crippen molar-refractivity contribution in [3.05, 3.63) is 35.4 Å². The van der Waals surface area contributed by atoms with Gasteiger partial charge < -0.3 is 14.8 Å². The van der Waals surface area contributed by atoms with Gasteiger partial charge in [0, 0.05) is 12.6 Å². The molecular weight excluding hydrogens is 238 g/mol. The first-order valence-electron chi connectivity index (χ1n) is 6.85. The maximum Gasteiger partial charge on any atom is 0.161 e. The summed E-state index contributed by atoms with van der Waals surface area (Å²) in [4.78, 5) is 0. The third kappa shape index (κ3) is 4.60. The number of nitrogens with one attached hydrogen (secondary N) is 1. The van der Waals surface area contributed by atoms with Crippen LogP contribution in [-0.2, 0) is 6.54 Å². The second-order valence-electron chi connectivity index (χ2n) is 5.23. The molecule has 0 amide bonds. The largest absolute Gasteiger partial charge is 0.493 e. The lowest BCUT2D eigenvalue weighted by atomic mass is 10.2. The summed E-state index contributed by atoms with van der Waals surface area (Å²) in [6.07, 6.45) is 4.68. The number of allylic oxidation sites excluding steroid dienone is 1. The van der Waals surface area contributed by atoms with Crippen LogP contribution in [0, 0.1) is 0 Å². The van der Waals surface area contributed by atoms with E-state index in [1.165, 1.54) is 24.0 Å². The molecule has 0 aromatic heterocycles. The normalized spacial score (nSPS) is 14.1. The lowest BCUT2D eigenvalue weighted by Crippen LogP contribution is -2.15. The molecule has 0 saturated heterocycles. The van der Waals surface area contributed by atoms with E-state index in [0.29, 0.717) is 6.61 Å². The van der Waals surface area contributed by atoms with Gasteiger partial charge in [0.25, 0.3) is 0 Å². The van der Waals surface area contributed by atoms with Gasteiger partial charge in [-0.05, 0) is 50.5 Å². The third-order valence-corrected chi connectivity index (χ3v) is 3.13. The van der Waals surface area contributed by atoms with Crippen molar-refractivity contribution in [2.45, 2.75) is 39.3 Å². The van der Waals surface area contributed by atoms with Crippen molar-refractivity contribution in [3.8, 4) is 11.5 Å². The molecule has 1 aromatic carbocycles. The summed E-state index contributed by atoms with van der Waals surface area (Å²) in [7, 11) is 1.67. The maximum absolute atomic E-state index is 5.77. The SMILES string of the molecule is COc1ccc(CNC2CC2)cc1OCC=C(C)C. The van der Waals surface area contributed by atoms with E-state index >= 15 is 0 Å². The topological polar surface area (TPSA) is 30.5 Å². The summed E-state index contributed by atoms with van der Waals surface area (Å²) >= 11 is 0. The molecule has 19 heavy (non-hydrogen) atoms. The second-order valence-corrected chi connectivity index (χ2v) is 5.23. The van der Waals surface area contributed by atoms with Gasteiger partial charge in [-0.3, -0.25) is 0 Å². The van der Waals surface area contributed by atoms with Crippen LogP contribution in [0.1, 0.15) is 32.3 Å². The Morgan fingerprint density at radius 1 is 1.32 bits per heavy atom. The minimum Gasteiger partial charge on any atom is -0.493 e. The number of rotatable bonds is 7. The van der Waals surface area contributed by atoms with Crippen LogP contribution in [0.5, 0.6) is 11.5 Å². The van der Waals surface area contributed by atoms with Crippen LogP contribution in [0.25, 0.3) is 0 Å². The Morgan fingerprint density at radius 3 is 2.74 bits per heavy atom. The van der Waals surface area contributed by atoms with E-state index in [9.17, 15) is 0 Å². The van der Waals surface area contributed by atoms with Crippen molar-refractivity contribution in [2.75, 3.05) is 13.7 Å². The summed E-state index contributed by atoms with van der Waals surface area (Å²) in [6, 6.07) is 6.84. The van der Waals surface area contributed by atoms with Gasteiger partial charge >= 0.3 is 0 Å². The summed E-state index contributed by atoms with van der Waals surface area (Å²) in [6.45, 7) is 5.61. The number of methoxy groups -OCH3 is 1. The molecule has 3 nitrogen and oxygen atoms in total. The Bertz CT molecular complexity index is 446. The predicted octanol–water partition coefficient (Wildman–Crippen LogP) is 3.29. The van der Waals surface area contributed by atoms with Crippen molar-refractivity contribution in [2.24, 2.45) is 0 Å². The zero-order valence-corrected chi connectivity index (χ0v) is 12.0. The molecule has 0 atom stereocenters. The van der Waals surface area contributed by atoms with Gasteiger partial charge in [-0.15, -0.1) is 0 Å². The fraction of sp³-hybridized carbons (Fsp3) is 0.500. The molecule has 0 spiro atoms. The average Bonchev–Trinajstić information content (AvgIpc) is 3.20. The minimum absolute atomic E-state index is 0.582. The summed E-state index contributed by atoms with van der Waals surface area (Å²) in [5, 5.41) is 3.50. The van der Waals surface area contributed by atoms with Gasteiger partial charge in [-0.1, -0.05) is 11.6 Å². The van der Waals surface area contributed by atoms with Crippen LogP contribution in [0.2, 0.25) is 0 Å². The van der Waals surface area contributed by atoms with E-state index in [1.807, 2.05) is 6.07 Å². The van der Waals surface area contributed by atoms with Crippen molar-refractivity contribution in [1.29, 1.82) is 0 Å². The summed E-state index contributed by atoms with van der Waals surface area (Å²) in [5.74, 6) is 1.60. The standard InChI is InChI=1S/C16H23NO2/c1-12(2)8-9-19-16-10-13(4-7-15(16)18-3)11-17-14-5-6-14/h4,7-8,10,14,17H,5-6,9,11H2,1-3H3. The molecule has 1 aliphatic carbocycles. The van der Waals surface area contributed by atoms with Gasteiger partial charge in [0.1, 0.15) is 6.61 Å². The van der Waals surface area contributed by atoms with Gasteiger partial charge in [-0.25, -0.2) is 0 Å². The van der Waals surface area contributed by atoms with Crippen LogP contribution in [0.3, 0.4) is 0 Å². The Hall–Kier alpha value is -1.48. The van der Waals surface area contributed by atoms with Gasteiger partial charge in [0.15, 0.2) is 11.5 Å². The molecule has 1 aromatic rings. The first-order chi connectivity index (χ1) is 9.19. The zero-order valence-electron chi connectivity index (χ0n) is 12.0. The van der Waals surface area contributed by atoms with E-state index in [4.69, 9.17) is 9.47 Å². The number of ether oxygens (including phenoxy) is 2. The second kappa shape index (κ2) is 6.62.